The van der Waals surface area contributed by atoms with Crippen LogP contribution >= 0.6 is 0 Å². The second kappa shape index (κ2) is 4.70. The molecule has 18 heavy (non-hydrogen) atoms. The van der Waals surface area contributed by atoms with Gasteiger partial charge in [-0.2, -0.15) is 0 Å². The average molecular weight is 247 g/mol. The summed E-state index contributed by atoms with van der Waals surface area (Å²) in [5.74, 6) is -1.66. The van der Waals surface area contributed by atoms with E-state index < -0.39 is 23.0 Å². The molecule has 0 radical (unpaired) electrons. The maximum absolute atomic E-state index is 13.4. The van der Waals surface area contributed by atoms with E-state index in [2.05, 4.69) is 10.3 Å². The first-order chi connectivity index (χ1) is 8.58. The lowest BCUT2D eigenvalue weighted by atomic mass is 10.1. The van der Waals surface area contributed by atoms with Gasteiger partial charge in [-0.1, -0.05) is 6.07 Å². The molecule has 0 aliphatic carbocycles. The number of anilines is 2. The smallest absolute Gasteiger partial charge is 0.262 e. The van der Waals surface area contributed by atoms with Crippen LogP contribution in [0.4, 0.5) is 15.9 Å². The van der Waals surface area contributed by atoms with Crippen LogP contribution in [0.3, 0.4) is 0 Å². The summed E-state index contributed by atoms with van der Waals surface area (Å²) in [6.45, 7) is 0. The SMILES string of the molecule is Nc1ccc(NC(=O)c2c(O)cccc2F)cn1. The number of hydrogen-bond donors (Lipinski definition) is 3. The topological polar surface area (TPSA) is 88.2 Å². The van der Waals surface area contributed by atoms with Gasteiger partial charge in [0.2, 0.25) is 0 Å². The molecule has 2 rings (SSSR count). The third-order valence-corrected chi connectivity index (χ3v) is 2.26. The van der Waals surface area contributed by atoms with Gasteiger partial charge in [-0.15, -0.1) is 0 Å². The molecule has 0 fully saturated rings. The number of carbonyl (C=O) groups is 1. The molecule has 1 amide bonds. The fourth-order valence-electron chi connectivity index (χ4n) is 1.41. The standard InChI is InChI=1S/C12H10FN3O2/c13-8-2-1-3-9(17)11(8)12(18)16-7-4-5-10(14)15-6-7/h1-6,17H,(H2,14,15)(H,16,18). The Labute approximate surface area is 102 Å². The summed E-state index contributed by atoms with van der Waals surface area (Å²) in [5, 5.41) is 11.9. The number of nitrogens with one attached hydrogen (secondary N) is 1. The van der Waals surface area contributed by atoms with Crippen molar-refractivity contribution in [3.8, 4) is 5.75 Å². The highest BCUT2D eigenvalue weighted by Gasteiger charge is 2.16. The normalized spacial score (nSPS) is 10.1. The molecule has 0 aliphatic heterocycles. The Kier molecular flexibility index (Phi) is 3.09. The minimum atomic E-state index is -0.795. The van der Waals surface area contributed by atoms with Crippen molar-refractivity contribution in [3.05, 3.63) is 47.9 Å². The van der Waals surface area contributed by atoms with Gasteiger partial charge >= 0.3 is 0 Å². The number of amides is 1. The highest BCUT2D eigenvalue weighted by Crippen LogP contribution is 2.21. The van der Waals surface area contributed by atoms with Crippen LogP contribution in [-0.2, 0) is 0 Å². The van der Waals surface area contributed by atoms with Crippen LogP contribution in [0.5, 0.6) is 5.75 Å². The molecule has 2 aromatic rings. The molecule has 1 aromatic heterocycles. The zero-order valence-corrected chi connectivity index (χ0v) is 9.22. The molecule has 1 heterocycles. The maximum Gasteiger partial charge on any atom is 0.262 e. The van der Waals surface area contributed by atoms with Crippen LogP contribution in [0.1, 0.15) is 10.4 Å². The Morgan fingerprint density at radius 2 is 2.11 bits per heavy atom. The van der Waals surface area contributed by atoms with Crippen molar-refractivity contribution in [2.24, 2.45) is 0 Å². The Morgan fingerprint density at radius 3 is 2.72 bits per heavy atom. The lowest BCUT2D eigenvalue weighted by Crippen LogP contribution is -2.14. The zero-order valence-electron chi connectivity index (χ0n) is 9.22. The minimum absolute atomic E-state index is 0.307. The van der Waals surface area contributed by atoms with E-state index in [1.165, 1.54) is 30.5 Å². The van der Waals surface area contributed by atoms with Crippen LogP contribution in [0.2, 0.25) is 0 Å². The fourth-order valence-corrected chi connectivity index (χ4v) is 1.41. The van der Waals surface area contributed by atoms with Crippen LogP contribution in [0, 0.1) is 5.82 Å². The van der Waals surface area contributed by atoms with Crippen molar-refractivity contribution in [2.75, 3.05) is 11.1 Å². The number of halogens is 1. The number of pyridine rings is 1. The highest BCUT2D eigenvalue weighted by atomic mass is 19.1. The summed E-state index contributed by atoms with van der Waals surface area (Å²) >= 11 is 0. The van der Waals surface area contributed by atoms with Gasteiger partial charge in [0.25, 0.3) is 5.91 Å². The summed E-state index contributed by atoms with van der Waals surface area (Å²) in [7, 11) is 0. The van der Waals surface area contributed by atoms with Crippen LogP contribution in [0.25, 0.3) is 0 Å². The molecule has 0 saturated heterocycles. The monoisotopic (exact) mass is 247 g/mol. The van der Waals surface area contributed by atoms with Crippen molar-refractivity contribution in [1.82, 2.24) is 4.98 Å². The minimum Gasteiger partial charge on any atom is -0.507 e. The first kappa shape index (κ1) is 11.8. The van der Waals surface area contributed by atoms with Crippen LogP contribution < -0.4 is 11.1 Å². The lowest BCUT2D eigenvalue weighted by molar-refractivity contribution is 0.102. The first-order valence-electron chi connectivity index (χ1n) is 5.08. The first-order valence-corrected chi connectivity index (χ1v) is 5.08. The summed E-state index contributed by atoms with van der Waals surface area (Å²) in [6.07, 6.45) is 1.34. The van der Waals surface area contributed by atoms with Gasteiger partial charge in [0, 0.05) is 0 Å². The Balaban J connectivity index is 2.25. The van der Waals surface area contributed by atoms with E-state index in [1.54, 1.807) is 0 Å². The van der Waals surface area contributed by atoms with Gasteiger partial charge in [-0.05, 0) is 24.3 Å². The molecule has 0 atom stereocenters. The fraction of sp³-hybridized carbons (Fsp3) is 0. The van der Waals surface area contributed by atoms with Crippen LogP contribution in [0.15, 0.2) is 36.5 Å². The number of nitrogens with two attached hydrogens (primary N) is 1. The second-order valence-electron chi connectivity index (χ2n) is 3.56. The van der Waals surface area contributed by atoms with Crippen molar-refractivity contribution in [3.63, 3.8) is 0 Å². The van der Waals surface area contributed by atoms with E-state index in [1.807, 2.05) is 0 Å². The maximum atomic E-state index is 13.4. The molecular weight excluding hydrogens is 237 g/mol. The molecule has 0 saturated carbocycles. The van der Waals surface area contributed by atoms with E-state index in [9.17, 15) is 14.3 Å². The van der Waals surface area contributed by atoms with Crippen molar-refractivity contribution >= 4 is 17.4 Å². The number of aromatic hydroxyl groups is 1. The van der Waals surface area contributed by atoms with Crippen LogP contribution in [-0.4, -0.2) is 16.0 Å². The molecule has 4 N–H and O–H groups in total. The van der Waals surface area contributed by atoms with E-state index in [0.29, 0.717) is 11.5 Å². The quantitative estimate of drug-likeness (QED) is 0.754. The Bertz CT molecular complexity index is 564. The predicted octanol–water partition coefficient (Wildman–Crippen LogP) is 1.76. The largest absolute Gasteiger partial charge is 0.507 e. The number of nitrogen functional groups attached to an aromatic ring is 1. The van der Waals surface area contributed by atoms with Gasteiger partial charge in [0.15, 0.2) is 0 Å². The summed E-state index contributed by atoms with van der Waals surface area (Å²) < 4.78 is 13.4. The molecule has 0 aliphatic rings. The van der Waals surface area contributed by atoms with Gasteiger partial charge in [-0.3, -0.25) is 4.79 Å². The average Bonchev–Trinajstić information content (AvgIpc) is 2.32. The molecule has 1 aromatic carbocycles. The van der Waals surface area contributed by atoms with Crippen molar-refractivity contribution in [1.29, 1.82) is 0 Å². The zero-order chi connectivity index (χ0) is 13.1. The summed E-state index contributed by atoms with van der Waals surface area (Å²) in [4.78, 5) is 15.5. The molecule has 92 valence electrons. The van der Waals surface area contributed by atoms with Gasteiger partial charge in [0.1, 0.15) is 22.9 Å². The number of nitrogens with zero attached hydrogens (tertiary/aromatic N) is 1. The van der Waals surface area contributed by atoms with E-state index in [0.717, 1.165) is 6.07 Å². The van der Waals surface area contributed by atoms with E-state index in [-0.39, 0.29) is 0 Å². The third-order valence-electron chi connectivity index (χ3n) is 2.26. The molecule has 6 heteroatoms. The molecule has 0 unspecified atom stereocenters. The van der Waals surface area contributed by atoms with Gasteiger partial charge < -0.3 is 16.2 Å². The number of carbonyl (C=O) groups excluding carboxylic acids is 1. The number of aromatic nitrogens is 1. The molecular formula is C12H10FN3O2. The van der Waals surface area contributed by atoms with Crippen molar-refractivity contribution < 1.29 is 14.3 Å². The number of hydrogen-bond acceptors (Lipinski definition) is 4. The van der Waals surface area contributed by atoms with Crippen molar-refractivity contribution in [2.45, 2.75) is 0 Å². The summed E-state index contributed by atoms with van der Waals surface area (Å²) in [6, 6.07) is 6.66. The Hall–Kier alpha value is -2.63. The third kappa shape index (κ3) is 2.37. The highest BCUT2D eigenvalue weighted by molar-refractivity contribution is 6.06. The molecule has 5 nitrogen and oxygen atoms in total. The van der Waals surface area contributed by atoms with Gasteiger partial charge in [0.05, 0.1) is 11.9 Å². The number of phenolic OH excluding ortho intramolecular Hbond substituents is 1. The number of benzene rings is 1. The predicted molar refractivity (Wildman–Crippen MR) is 64.7 cm³/mol. The number of rotatable bonds is 2. The second-order valence-corrected chi connectivity index (χ2v) is 3.56. The molecule has 0 spiro atoms. The number of phenols is 1. The molecule has 0 bridgehead atoms. The van der Waals surface area contributed by atoms with Gasteiger partial charge in [-0.25, -0.2) is 9.37 Å². The Morgan fingerprint density at radius 1 is 1.33 bits per heavy atom. The lowest BCUT2D eigenvalue weighted by Gasteiger charge is -2.07. The van der Waals surface area contributed by atoms with E-state index in [4.69, 9.17) is 5.73 Å². The van der Waals surface area contributed by atoms with E-state index >= 15 is 0 Å². The summed E-state index contributed by atoms with van der Waals surface area (Å²) in [5.41, 5.74) is 5.34.